The van der Waals surface area contributed by atoms with Crippen LogP contribution < -0.4 is 18.9 Å². The van der Waals surface area contributed by atoms with Gasteiger partial charge in [-0.15, -0.1) is 0 Å². The first-order chi connectivity index (χ1) is 17.8. The molecular weight excluding hydrogens is 480 g/mol. The quantitative estimate of drug-likeness (QED) is 0.216. The van der Waals surface area contributed by atoms with Crippen LogP contribution in [0.2, 0.25) is 0 Å². The lowest BCUT2D eigenvalue weighted by Gasteiger charge is -2.12. The number of carbonyl (C=O) groups is 3. The van der Waals surface area contributed by atoms with Crippen LogP contribution in [-0.2, 0) is 16.1 Å². The second kappa shape index (κ2) is 12.8. The second-order valence-electron chi connectivity index (χ2n) is 7.63. The van der Waals surface area contributed by atoms with Crippen molar-refractivity contribution in [1.29, 1.82) is 0 Å². The lowest BCUT2D eigenvalue weighted by atomic mass is 10.1. The topological polar surface area (TPSA) is 118 Å². The van der Waals surface area contributed by atoms with Gasteiger partial charge in [-0.25, -0.2) is 9.59 Å². The average molecular weight is 507 g/mol. The summed E-state index contributed by atoms with van der Waals surface area (Å²) in [6, 6.07) is 16.7. The van der Waals surface area contributed by atoms with Crippen LogP contribution in [0.4, 0.5) is 0 Å². The zero-order valence-corrected chi connectivity index (χ0v) is 20.6. The molecular formula is C28H26O9. The van der Waals surface area contributed by atoms with Crippen LogP contribution in [0.3, 0.4) is 0 Å². The van der Waals surface area contributed by atoms with Crippen LogP contribution in [0.25, 0.3) is 6.08 Å². The van der Waals surface area contributed by atoms with Gasteiger partial charge in [0.15, 0.2) is 35.4 Å². The Hall–Kier alpha value is -4.79. The minimum atomic E-state index is -1.12. The van der Waals surface area contributed by atoms with Crippen molar-refractivity contribution in [2.75, 3.05) is 27.9 Å². The van der Waals surface area contributed by atoms with E-state index < -0.39 is 18.5 Å². The van der Waals surface area contributed by atoms with Crippen LogP contribution in [0.5, 0.6) is 23.0 Å². The Morgan fingerprint density at radius 2 is 1.38 bits per heavy atom. The summed E-state index contributed by atoms with van der Waals surface area (Å²) in [6.45, 7) is -0.258. The molecule has 0 radical (unpaired) electrons. The van der Waals surface area contributed by atoms with Crippen molar-refractivity contribution in [3.05, 3.63) is 89.0 Å². The maximum atomic E-state index is 12.7. The Morgan fingerprint density at radius 1 is 0.757 bits per heavy atom. The lowest BCUT2D eigenvalue weighted by Crippen LogP contribution is -2.10. The highest BCUT2D eigenvalue weighted by Gasteiger charge is 2.12. The van der Waals surface area contributed by atoms with E-state index in [0.717, 1.165) is 5.56 Å². The number of esters is 1. The zero-order valence-electron chi connectivity index (χ0n) is 20.6. The van der Waals surface area contributed by atoms with Crippen LogP contribution in [0, 0.1) is 0 Å². The van der Waals surface area contributed by atoms with Crippen molar-refractivity contribution in [3.8, 4) is 23.0 Å². The molecule has 0 heterocycles. The predicted octanol–water partition coefficient (Wildman–Crippen LogP) is 4.43. The number of hydrogen-bond acceptors (Lipinski definition) is 8. The van der Waals surface area contributed by atoms with Crippen LogP contribution in [-0.4, -0.2) is 50.8 Å². The van der Waals surface area contributed by atoms with Crippen molar-refractivity contribution in [2.24, 2.45) is 0 Å². The number of carboxylic acids is 1. The minimum Gasteiger partial charge on any atom is -0.493 e. The summed E-state index contributed by atoms with van der Waals surface area (Å²) < 4.78 is 26.4. The molecule has 0 aliphatic carbocycles. The highest BCUT2D eigenvalue weighted by Crippen LogP contribution is 2.30. The van der Waals surface area contributed by atoms with Gasteiger partial charge in [0, 0.05) is 5.56 Å². The molecule has 0 saturated carbocycles. The molecule has 0 bridgehead atoms. The summed E-state index contributed by atoms with van der Waals surface area (Å²) in [5.41, 5.74) is 2.38. The summed E-state index contributed by atoms with van der Waals surface area (Å²) in [4.78, 5) is 34.9. The molecule has 0 aliphatic heterocycles. The fraction of sp³-hybridized carbons (Fsp3) is 0.179. The molecule has 9 heteroatoms. The van der Waals surface area contributed by atoms with Gasteiger partial charge in [0.25, 0.3) is 0 Å². The van der Waals surface area contributed by atoms with E-state index in [1.54, 1.807) is 48.5 Å². The molecule has 0 amide bonds. The number of methoxy groups -OCH3 is 3. The Balaban J connectivity index is 1.66. The molecule has 192 valence electrons. The van der Waals surface area contributed by atoms with Crippen LogP contribution in [0.1, 0.15) is 31.8 Å². The van der Waals surface area contributed by atoms with Gasteiger partial charge in [-0.1, -0.05) is 24.3 Å². The minimum absolute atomic E-state index is 0.227. The van der Waals surface area contributed by atoms with Gasteiger partial charge in [-0.3, -0.25) is 4.79 Å². The number of aliphatic carboxylic acids is 1. The Labute approximate surface area is 213 Å². The molecule has 37 heavy (non-hydrogen) atoms. The van der Waals surface area contributed by atoms with Crippen LogP contribution >= 0.6 is 0 Å². The number of ketones is 1. The maximum absolute atomic E-state index is 12.7. The fourth-order valence-corrected chi connectivity index (χ4v) is 3.27. The summed E-state index contributed by atoms with van der Waals surface area (Å²) in [5, 5.41) is 8.77. The predicted molar refractivity (Wildman–Crippen MR) is 135 cm³/mol. The van der Waals surface area contributed by atoms with Crippen molar-refractivity contribution in [2.45, 2.75) is 6.61 Å². The van der Waals surface area contributed by atoms with E-state index in [9.17, 15) is 14.4 Å². The lowest BCUT2D eigenvalue weighted by molar-refractivity contribution is -0.139. The van der Waals surface area contributed by atoms with E-state index in [-0.39, 0.29) is 23.9 Å². The highest BCUT2D eigenvalue weighted by molar-refractivity contribution is 6.07. The molecule has 3 rings (SSSR count). The van der Waals surface area contributed by atoms with Gasteiger partial charge < -0.3 is 28.8 Å². The average Bonchev–Trinajstić information content (AvgIpc) is 2.93. The van der Waals surface area contributed by atoms with Gasteiger partial charge in [0.05, 0.1) is 26.9 Å². The Morgan fingerprint density at radius 3 is 2.03 bits per heavy atom. The first kappa shape index (κ1) is 26.8. The molecule has 0 unspecified atom stereocenters. The van der Waals surface area contributed by atoms with E-state index in [2.05, 4.69) is 0 Å². The highest BCUT2D eigenvalue weighted by atomic mass is 16.5. The van der Waals surface area contributed by atoms with Gasteiger partial charge in [0.2, 0.25) is 0 Å². The molecule has 0 atom stereocenters. The largest absolute Gasteiger partial charge is 0.493 e. The molecule has 9 nitrogen and oxygen atoms in total. The second-order valence-corrected chi connectivity index (χ2v) is 7.63. The van der Waals surface area contributed by atoms with Crippen molar-refractivity contribution >= 4 is 23.8 Å². The smallest absolute Gasteiger partial charge is 0.341 e. The van der Waals surface area contributed by atoms with E-state index in [1.807, 2.05) is 0 Å². The van der Waals surface area contributed by atoms with E-state index in [4.69, 9.17) is 28.8 Å². The first-order valence-corrected chi connectivity index (χ1v) is 11.1. The molecule has 3 aromatic rings. The first-order valence-electron chi connectivity index (χ1n) is 11.1. The zero-order chi connectivity index (χ0) is 26.8. The normalized spacial score (nSPS) is 10.6. The molecule has 0 aliphatic rings. The Bertz CT molecular complexity index is 1290. The van der Waals surface area contributed by atoms with Gasteiger partial charge in [-0.2, -0.15) is 0 Å². The number of rotatable bonds is 12. The SMILES string of the molecule is COC(=O)c1ccc(COc2ccc(/C=C/C(=O)c3ccc(OCC(=O)O)c(OC)c3)cc2OC)cc1. The third-order valence-electron chi connectivity index (χ3n) is 5.18. The molecule has 0 spiro atoms. The van der Waals surface area contributed by atoms with Crippen LogP contribution in [0.15, 0.2) is 66.7 Å². The maximum Gasteiger partial charge on any atom is 0.341 e. The number of ether oxygens (including phenoxy) is 5. The number of benzene rings is 3. The molecule has 1 N–H and O–H groups in total. The third kappa shape index (κ3) is 7.35. The number of carboxylic acid groups (broad SMARTS) is 1. The number of carbonyl (C=O) groups excluding carboxylic acids is 2. The number of hydrogen-bond donors (Lipinski definition) is 1. The van der Waals surface area contributed by atoms with Crippen molar-refractivity contribution in [1.82, 2.24) is 0 Å². The molecule has 3 aromatic carbocycles. The standard InChI is InChI=1S/C28H26O9/c1-33-25-14-18(7-12-23(25)36-16-19-4-8-20(9-5-19)28(32)35-3)6-11-22(29)21-10-13-24(26(15-21)34-2)37-17-27(30)31/h4-15H,16-17H2,1-3H3,(H,30,31)/b11-6+. The monoisotopic (exact) mass is 506 g/mol. The van der Waals surface area contributed by atoms with E-state index >= 15 is 0 Å². The van der Waals surface area contributed by atoms with Crippen molar-refractivity contribution in [3.63, 3.8) is 0 Å². The van der Waals surface area contributed by atoms with Crippen molar-refractivity contribution < 1.29 is 43.2 Å². The fourth-order valence-electron chi connectivity index (χ4n) is 3.27. The Kier molecular flexibility index (Phi) is 9.26. The van der Waals surface area contributed by atoms with E-state index in [0.29, 0.717) is 28.2 Å². The number of allylic oxidation sites excluding steroid dienone is 1. The summed E-state index contributed by atoms with van der Waals surface area (Å²) in [6.07, 6.45) is 3.05. The van der Waals surface area contributed by atoms with E-state index in [1.165, 1.54) is 45.6 Å². The molecule has 0 aromatic heterocycles. The van der Waals surface area contributed by atoms with Gasteiger partial charge in [0.1, 0.15) is 6.61 Å². The van der Waals surface area contributed by atoms with Gasteiger partial charge >= 0.3 is 11.9 Å². The van der Waals surface area contributed by atoms with Gasteiger partial charge in [-0.05, 0) is 59.7 Å². The summed E-state index contributed by atoms with van der Waals surface area (Å²) in [7, 11) is 4.25. The third-order valence-corrected chi connectivity index (χ3v) is 5.18. The summed E-state index contributed by atoms with van der Waals surface area (Å²) in [5.74, 6) is -0.318. The molecule has 0 saturated heterocycles. The molecule has 0 fully saturated rings. The summed E-state index contributed by atoms with van der Waals surface area (Å²) >= 11 is 0.